The molecule has 0 atom stereocenters. The van der Waals surface area contributed by atoms with Gasteiger partial charge in [-0.1, -0.05) is 10.3 Å². The molecule has 1 aromatic rings. The van der Waals surface area contributed by atoms with E-state index in [9.17, 15) is 13.2 Å². The molecular weight excluding hydrogens is 374 g/mol. The maximum Gasteiger partial charge on any atom is 0.414 e. The molecule has 0 bridgehead atoms. The molecule has 0 saturated heterocycles. The number of ether oxygens (including phenoxy) is 3. The third-order valence-corrected chi connectivity index (χ3v) is 6.82. The molecule has 1 rings (SSSR count). The molecule has 0 saturated carbocycles. The van der Waals surface area contributed by atoms with Crippen LogP contribution >= 0.6 is 10.3 Å². The van der Waals surface area contributed by atoms with Crippen molar-refractivity contribution in [2.75, 3.05) is 47.9 Å². The molecule has 1 amide bonds. The number of benzene rings is 1. The Morgan fingerprint density at radius 2 is 1.48 bits per heavy atom. The number of hydrogen-bond donors (Lipinski definition) is 0. The van der Waals surface area contributed by atoms with Crippen LogP contribution < -0.4 is 14.2 Å². The lowest BCUT2D eigenvalue weighted by Gasteiger charge is -2.30. The largest absolute Gasteiger partial charge is 0.493 e. The summed E-state index contributed by atoms with van der Waals surface area (Å²) in [4.78, 5) is 13.6. The van der Waals surface area contributed by atoms with Crippen LogP contribution in [0, 0.1) is 0 Å². The van der Waals surface area contributed by atoms with Crippen molar-refractivity contribution >= 4 is 26.8 Å². The Hall–Kier alpha value is -1.69. The van der Waals surface area contributed by atoms with E-state index in [1.54, 1.807) is 12.5 Å². The second kappa shape index (κ2) is 8.13. The fourth-order valence-electron chi connectivity index (χ4n) is 1.69. The van der Waals surface area contributed by atoms with E-state index in [1.165, 1.54) is 45.3 Å². The van der Waals surface area contributed by atoms with Crippen molar-refractivity contribution in [3.8, 4) is 17.2 Å². The Morgan fingerprint density at radius 3 is 1.84 bits per heavy atom. The Labute approximate surface area is 149 Å². The lowest BCUT2D eigenvalue weighted by molar-refractivity contribution is 0.168. The summed E-state index contributed by atoms with van der Waals surface area (Å²) in [5, 5.41) is 0. The van der Waals surface area contributed by atoms with Gasteiger partial charge in [0, 0.05) is 19.0 Å². The predicted molar refractivity (Wildman–Crippen MR) is 94.0 cm³/mol. The number of hydrogen-bond acceptors (Lipinski definition) is 8. The summed E-state index contributed by atoms with van der Waals surface area (Å²) in [6.45, 7) is 0. The second-order valence-electron chi connectivity index (χ2n) is 5.30. The van der Waals surface area contributed by atoms with Gasteiger partial charge in [0.1, 0.15) is 0 Å². The molecule has 0 N–H and O–H groups in total. The number of rotatable bonds is 7. The normalized spacial score (nSPS) is 12.4. The molecule has 0 aliphatic heterocycles. The summed E-state index contributed by atoms with van der Waals surface area (Å²) in [5.41, 5.74) is 0. The molecule has 144 valence electrons. The molecule has 25 heavy (non-hydrogen) atoms. The number of nitrogens with zero attached hydrogens (tertiary/aromatic N) is 1. The molecule has 0 unspecified atom stereocenters. The van der Waals surface area contributed by atoms with Crippen LogP contribution in [0.5, 0.6) is 17.2 Å². The van der Waals surface area contributed by atoms with Crippen LogP contribution in [0.4, 0.5) is 4.79 Å². The average molecular weight is 397 g/mol. The molecule has 0 aromatic heterocycles. The molecular formula is C14H23NO8S2. The molecule has 0 radical (unpaired) electrons. The van der Waals surface area contributed by atoms with Gasteiger partial charge < -0.3 is 19.1 Å². The van der Waals surface area contributed by atoms with Crippen LogP contribution in [0.1, 0.15) is 0 Å². The summed E-state index contributed by atoms with van der Waals surface area (Å²) in [7, 11) is 0.435. The van der Waals surface area contributed by atoms with E-state index in [4.69, 9.17) is 17.8 Å². The van der Waals surface area contributed by atoms with Crippen LogP contribution in [-0.4, -0.2) is 67.3 Å². The zero-order chi connectivity index (χ0) is 19.4. The van der Waals surface area contributed by atoms with Crippen molar-refractivity contribution < 1.29 is 35.2 Å². The quantitative estimate of drug-likeness (QED) is 0.689. The topological polar surface area (TPSA) is 101 Å². The van der Waals surface area contributed by atoms with Crippen LogP contribution in [0.2, 0.25) is 0 Å². The van der Waals surface area contributed by atoms with Crippen molar-refractivity contribution in [2.24, 2.45) is 0 Å². The first-order valence-electron chi connectivity index (χ1n) is 6.87. The average Bonchev–Trinajstić information content (AvgIpc) is 2.53. The summed E-state index contributed by atoms with van der Waals surface area (Å²) >= 11 is 0. The van der Waals surface area contributed by atoms with Crippen molar-refractivity contribution in [3.63, 3.8) is 0 Å². The van der Waals surface area contributed by atoms with Gasteiger partial charge in [-0.05, 0) is 24.6 Å². The highest BCUT2D eigenvalue weighted by molar-refractivity contribution is 8.31. The SMILES string of the molecule is COc1cc(S(C)(C)OS(=O)(=O)OC)cc(OC)c1OC(=O)N(C)C. The van der Waals surface area contributed by atoms with Gasteiger partial charge in [0.25, 0.3) is 0 Å². The number of carbonyl (C=O) groups is 1. The Kier molecular flexibility index (Phi) is 6.94. The van der Waals surface area contributed by atoms with Crippen LogP contribution in [0.3, 0.4) is 0 Å². The molecule has 0 aliphatic rings. The first-order chi connectivity index (χ1) is 11.5. The number of carbonyl (C=O) groups excluding carboxylic acids is 1. The fraction of sp³-hybridized carbons (Fsp3) is 0.500. The molecule has 9 nitrogen and oxygen atoms in total. The van der Waals surface area contributed by atoms with Crippen LogP contribution in [0.15, 0.2) is 17.0 Å². The lowest BCUT2D eigenvalue weighted by Crippen LogP contribution is -2.25. The standard InChI is InChI=1S/C14H23NO8S2/c1-15(2)14(16)22-13-11(19-3)8-10(9-12(13)20-4)24(6,7)23-25(17,18)21-5/h8-9H,1-7H3. The minimum absolute atomic E-state index is 0.0808. The third-order valence-electron chi connectivity index (χ3n) is 3.01. The Bertz CT molecular complexity index is 705. The highest BCUT2D eigenvalue weighted by Gasteiger charge is 2.28. The van der Waals surface area contributed by atoms with Gasteiger partial charge in [0.05, 0.1) is 21.3 Å². The molecule has 0 heterocycles. The zero-order valence-corrected chi connectivity index (χ0v) is 16.8. The van der Waals surface area contributed by atoms with Crippen molar-refractivity contribution in [3.05, 3.63) is 12.1 Å². The van der Waals surface area contributed by atoms with Gasteiger partial charge in [-0.15, -0.1) is 0 Å². The zero-order valence-electron chi connectivity index (χ0n) is 15.2. The predicted octanol–water partition coefficient (Wildman–Crippen LogP) is 2.01. The van der Waals surface area contributed by atoms with Crippen LogP contribution in [0.25, 0.3) is 0 Å². The van der Waals surface area contributed by atoms with Crippen molar-refractivity contribution in [1.82, 2.24) is 4.90 Å². The molecule has 0 fully saturated rings. The van der Waals surface area contributed by atoms with E-state index in [0.29, 0.717) is 4.90 Å². The van der Waals surface area contributed by atoms with Crippen molar-refractivity contribution in [2.45, 2.75) is 4.90 Å². The van der Waals surface area contributed by atoms with E-state index in [2.05, 4.69) is 4.18 Å². The maximum atomic E-state index is 11.8. The van der Waals surface area contributed by atoms with E-state index in [0.717, 1.165) is 7.11 Å². The van der Waals surface area contributed by atoms with E-state index in [-0.39, 0.29) is 17.2 Å². The van der Waals surface area contributed by atoms with E-state index >= 15 is 0 Å². The summed E-state index contributed by atoms with van der Waals surface area (Å²) < 4.78 is 48.5. The molecule has 11 heteroatoms. The minimum atomic E-state index is -4.14. The van der Waals surface area contributed by atoms with Gasteiger partial charge in [-0.3, -0.25) is 4.18 Å². The van der Waals surface area contributed by atoms with E-state index in [1.807, 2.05) is 0 Å². The van der Waals surface area contributed by atoms with Crippen molar-refractivity contribution in [1.29, 1.82) is 0 Å². The fourth-order valence-corrected chi connectivity index (χ4v) is 4.68. The first kappa shape index (κ1) is 21.4. The molecule has 0 aliphatic carbocycles. The summed E-state index contributed by atoms with van der Waals surface area (Å²) in [6, 6.07) is 3.06. The number of methoxy groups -OCH3 is 2. The smallest absolute Gasteiger partial charge is 0.414 e. The highest BCUT2D eigenvalue weighted by Crippen LogP contribution is 2.55. The second-order valence-corrected chi connectivity index (χ2v) is 9.93. The minimum Gasteiger partial charge on any atom is -0.493 e. The third kappa shape index (κ3) is 5.39. The summed E-state index contributed by atoms with van der Waals surface area (Å²) in [6.07, 6.45) is 2.61. The van der Waals surface area contributed by atoms with E-state index < -0.39 is 26.8 Å². The summed E-state index contributed by atoms with van der Waals surface area (Å²) in [5.74, 6) is 0.476. The maximum absolute atomic E-state index is 11.8. The van der Waals surface area contributed by atoms with Gasteiger partial charge in [-0.2, -0.15) is 12.0 Å². The Morgan fingerprint density at radius 1 is 1.00 bits per heavy atom. The van der Waals surface area contributed by atoms with Gasteiger partial charge >= 0.3 is 16.5 Å². The van der Waals surface area contributed by atoms with Gasteiger partial charge in [0.15, 0.2) is 11.5 Å². The van der Waals surface area contributed by atoms with Gasteiger partial charge in [0.2, 0.25) is 5.75 Å². The van der Waals surface area contributed by atoms with Gasteiger partial charge in [-0.25, -0.2) is 4.79 Å². The monoisotopic (exact) mass is 397 g/mol. The Balaban J connectivity index is 3.40. The number of amides is 1. The molecule has 1 aromatic carbocycles. The lowest BCUT2D eigenvalue weighted by atomic mass is 10.3. The first-order valence-corrected chi connectivity index (χ1v) is 10.6. The highest BCUT2D eigenvalue weighted by atomic mass is 32.3. The molecule has 0 spiro atoms. The van der Waals surface area contributed by atoms with Crippen LogP contribution in [-0.2, 0) is 18.2 Å².